The van der Waals surface area contributed by atoms with Gasteiger partial charge in [-0.25, -0.2) is 9.98 Å². The Morgan fingerprint density at radius 1 is 1.25 bits per heavy atom. The number of aromatic nitrogens is 1. The van der Waals surface area contributed by atoms with Crippen molar-refractivity contribution in [1.29, 1.82) is 0 Å². The summed E-state index contributed by atoms with van der Waals surface area (Å²) in [5.74, 6) is 1.34. The third kappa shape index (κ3) is 5.38. The molecule has 130 valence electrons. The molecule has 6 nitrogen and oxygen atoms in total. The standard InChI is InChI=1S/C18H26N4O2/c1-5-19-17(21-13-18(2,3)23-4)20-11-15-12-24-16(22-15)14-9-7-6-8-10-14/h6-10,12H,5,11,13H2,1-4H3,(H2,19,20,21). The van der Waals surface area contributed by atoms with Crippen molar-refractivity contribution in [2.45, 2.75) is 32.9 Å². The lowest BCUT2D eigenvalue weighted by atomic mass is 10.1. The van der Waals surface area contributed by atoms with Gasteiger partial charge in [0.15, 0.2) is 5.96 Å². The van der Waals surface area contributed by atoms with E-state index in [1.54, 1.807) is 13.4 Å². The molecule has 0 aliphatic rings. The van der Waals surface area contributed by atoms with Gasteiger partial charge in [0, 0.05) is 25.8 Å². The van der Waals surface area contributed by atoms with Gasteiger partial charge in [0.2, 0.25) is 5.89 Å². The maximum absolute atomic E-state index is 5.53. The Labute approximate surface area is 143 Å². The topological polar surface area (TPSA) is 71.7 Å². The van der Waals surface area contributed by atoms with E-state index >= 15 is 0 Å². The summed E-state index contributed by atoms with van der Waals surface area (Å²) < 4.78 is 10.9. The van der Waals surface area contributed by atoms with Crippen molar-refractivity contribution in [1.82, 2.24) is 15.6 Å². The van der Waals surface area contributed by atoms with Crippen LogP contribution in [0.5, 0.6) is 0 Å². The molecule has 0 fully saturated rings. The number of oxazole rings is 1. The zero-order chi connectivity index (χ0) is 17.4. The van der Waals surface area contributed by atoms with Gasteiger partial charge < -0.3 is 19.8 Å². The minimum Gasteiger partial charge on any atom is -0.444 e. The van der Waals surface area contributed by atoms with Crippen LogP contribution in [0.3, 0.4) is 0 Å². The number of guanidine groups is 1. The van der Waals surface area contributed by atoms with Gasteiger partial charge in [0.25, 0.3) is 0 Å². The second-order valence-corrected chi connectivity index (χ2v) is 6.02. The van der Waals surface area contributed by atoms with E-state index in [4.69, 9.17) is 9.15 Å². The van der Waals surface area contributed by atoms with E-state index in [0.29, 0.717) is 19.0 Å². The maximum atomic E-state index is 5.53. The molecule has 24 heavy (non-hydrogen) atoms. The minimum atomic E-state index is -0.259. The van der Waals surface area contributed by atoms with Crippen LogP contribution in [0.25, 0.3) is 11.5 Å². The molecular weight excluding hydrogens is 304 g/mol. The van der Waals surface area contributed by atoms with Crippen LogP contribution in [0, 0.1) is 0 Å². The van der Waals surface area contributed by atoms with Crippen LogP contribution >= 0.6 is 0 Å². The van der Waals surface area contributed by atoms with Crippen molar-refractivity contribution in [3.8, 4) is 11.5 Å². The molecule has 0 radical (unpaired) electrons. The summed E-state index contributed by atoms with van der Waals surface area (Å²) in [6.45, 7) is 7.96. The monoisotopic (exact) mass is 330 g/mol. The first-order chi connectivity index (χ1) is 11.5. The molecule has 0 amide bonds. The van der Waals surface area contributed by atoms with Crippen LogP contribution in [-0.4, -0.2) is 36.7 Å². The molecule has 0 bridgehead atoms. The van der Waals surface area contributed by atoms with Crippen molar-refractivity contribution in [3.05, 3.63) is 42.3 Å². The first-order valence-corrected chi connectivity index (χ1v) is 8.11. The fourth-order valence-corrected chi connectivity index (χ4v) is 1.96. The summed E-state index contributed by atoms with van der Waals surface area (Å²) in [4.78, 5) is 9.03. The molecule has 0 saturated heterocycles. The highest BCUT2D eigenvalue weighted by Gasteiger charge is 2.16. The number of rotatable bonds is 7. The van der Waals surface area contributed by atoms with Gasteiger partial charge in [-0.05, 0) is 32.9 Å². The first-order valence-electron chi connectivity index (χ1n) is 8.11. The molecule has 0 aliphatic heterocycles. The average Bonchev–Trinajstić information content (AvgIpc) is 3.07. The van der Waals surface area contributed by atoms with Crippen LogP contribution in [-0.2, 0) is 11.3 Å². The fourth-order valence-electron chi connectivity index (χ4n) is 1.96. The smallest absolute Gasteiger partial charge is 0.226 e. The lowest BCUT2D eigenvalue weighted by molar-refractivity contribution is 0.0268. The third-order valence-corrected chi connectivity index (χ3v) is 3.55. The predicted molar refractivity (Wildman–Crippen MR) is 95.8 cm³/mol. The van der Waals surface area contributed by atoms with Gasteiger partial charge >= 0.3 is 0 Å². The zero-order valence-electron chi connectivity index (χ0n) is 14.8. The van der Waals surface area contributed by atoms with Crippen molar-refractivity contribution in [2.24, 2.45) is 4.99 Å². The largest absolute Gasteiger partial charge is 0.444 e. The van der Waals surface area contributed by atoms with Gasteiger partial charge in [-0.3, -0.25) is 0 Å². The van der Waals surface area contributed by atoms with E-state index in [0.717, 1.165) is 23.8 Å². The number of hydrogen-bond acceptors (Lipinski definition) is 4. The highest BCUT2D eigenvalue weighted by atomic mass is 16.5. The zero-order valence-corrected chi connectivity index (χ0v) is 14.8. The fraction of sp³-hybridized carbons (Fsp3) is 0.444. The van der Waals surface area contributed by atoms with Gasteiger partial charge in [-0.2, -0.15) is 0 Å². The number of aliphatic imine (C=N–C) groups is 1. The van der Waals surface area contributed by atoms with Gasteiger partial charge in [-0.1, -0.05) is 18.2 Å². The maximum Gasteiger partial charge on any atom is 0.226 e. The highest BCUT2D eigenvalue weighted by Crippen LogP contribution is 2.18. The van der Waals surface area contributed by atoms with Crippen LogP contribution in [0.1, 0.15) is 26.5 Å². The van der Waals surface area contributed by atoms with Crippen molar-refractivity contribution in [2.75, 3.05) is 20.2 Å². The number of nitrogens with zero attached hydrogens (tertiary/aromatic N) is 2. The van der Waals surface area contributed by atoms with E-state index < -0.39 is 0 Å². The Morgan fingerprint density at radius 3 is 2.67 bits per heavy atom. The number of hydrogen-bond donors (Lipinski definition) is 2. The molecule has 1 aromatic heterocycles. The lowest BCUT2D eigenvalue weighted by Gasteiger charge is -2.24. The molecular formula is C18H26N4O2. The van der Waals surface area contributed by atoms with E-state index in [-0.39, 0.29) is 5.60 Å². The lowest BCUT2D eigenvalue weighted by Crippen LogP contribution is -2.45. The number of benzene rings is 1. The number of ether oxygens (including phenoxy) is 1. The first kappa shape index (κ1) is 18.0. The molecule has 0 unspecified atom stereocenters. The van der Waals surface area contributed by atoms with Crippen LogP contribution in [0.2, 0.25) is 0 Å². The molecule has 0 atom stereocenters. The van der Waals surface area contributed by atoms with E-state index in [9.17, 15) is 0 Å². The second-order valence-electron chi connectivity index (χ2n) is 6.02. The normalized spacial score (nSPS) is 12.2. The molecule has 6 heteroatoms. The predicted octanol–water partition coefficient (Wildman–Crippen LogP) is 2.82. The van der Waals surface area contributed by atoms with Crippen LogP contribution in [0.4, 0.5) is 0 Å². The summed E-state index contributed by atoms with van der Waals surface area (Å²) in [7, 11) is 1.70. The summed E-state index contributed by atoms with van der Waals surface area (Å²) in [5.41, 5.74) is 1.49. The Morgan fingerprint density at radius 2 is 2.00 bits per heavy atom. The average molecular weight is 330 g/mol. The molecule has 1 heterocycles. The van der Waals surface area contributed by atoms with E-state index in [1.165, 1.54) is 0 Å². The molecule has 0 spiro atoms. The van der Waals surface area contributed by atoms with Gasteiger partial charge in [-0.15, -0.1) is 0 Å². The van der Waals surface area contributed by atoms with Gasteiger partial charge in [0.1, 0.15) is 12.0 Å². The molecule has 0 aliphatic carbocycles. The van der Waals surface area contributed by atoms with E-state index in [2.05, 4.69) is 20.6 Å². The summed E-state index contributed by atoms with van der Waals surface area (Å²) in [6, 6.07) is 9.83. The number of nitrogens with one attached hydrogen (secondary N) is 2. The quantitative estimate of drug-likeness (QED) is 0.603. The second kappa shape index (κ2) is 8.49. The van der Waals surface area contributed by atoms with Crippen LogP contribution < -0.4 is 10.6 Å². The summed E-state index contributed by atoms with van der Waals surface area (Å²) in [5, 5.41) is 6.49. The molecule has 2 N–H and O–H groups in total. The SMILES string of the molecule is CCNC(=NCc1coc(-c2ccccc2)n1)NCC(C)(C)OC. The Hall–Kier alpha value is -2.34. The Balaban J connectivity index is 2.00. The Kier molecular flexibility index (Phi) is 6.37. The Bertz CT molecular complexity index is 650. The number of methoxy groups -OCH3 is 1. The summed E-state index contributed by atoms with van der Waals surface area (Å²) in [6.07, 6.45) is 1.65. The van der Waals surface area contributed by atoms with Crippen molar-refractivity contribution in [3.63, 3.8) is 0 Å². The third-order valence-electron chi connectivity index (χ3n) is 3.55. The van der Waals surface area contributed by atoms with Gasteiger partial charge in [0.05, 0.1) is 12.1 Å². The molecule has 1 aromatic carbocycles. The molecule has 2 rings (SSSR count). The van der Waals surface area contributed by atoms with E-state index in [1.807, 2.05) is 51.1 Å². The summed E-state index contributed by atoms with van der Waals surface area (Å²) >= 11 is 0. The van der Waals surface area contributed by atoms with Crippen LogP contribution in [0.15, 0.2) is 46.0 Å². The van der Waals surface area contributed by atoms with Crippen molar-refractivity contribution < 1.29 is 9.15 Å². The molecule has 0 saturated carbocycles. The minimum absolute atomic E-state index is 0.259. The highest BCUT2D eigenvalue weighted by molar-refractivity contribution is 5.79. The molecule has 2 aromatic rings. The van der Waals surface area contributed by atoms with Crippen molar-refractivity contribution >= 4 is 5.96 Å².